The van der Waals surface area contributed by atoms with Crippen molar-refractivity contribution in [3.8, 4) is 0 Å². The zero-order chi connectivity index (χ0) is 12.8. The molecule has 17 heavy (non-hydrogen) atoms. The van der Waals surface area contributed by atoms with Crippen LogP contribution < -0.4 is 10.2 Å². The van der Waals surface area contributed by atoms with Crippen molar-refractivity contribution < 1.29 is 4.79 Å². The molecule has 1 rings (SSSR count). The van der Waals surface area contributed by atoms with Crippen LogP contribution in [0.1, 0.15) is 26.3 Å². The molecule has 1 amide bonds. The van der Waals surface area contributed by atoms with E-state index in [-0.39, 0.29) is 0 Å². The fourth-order valence-corrected chi connectivity index (χ4v) is 1.56. The number of rotatable bonds is 5. The molecule has 0 aromatic carbocycles. The molecule has 0 aliphatic heterocycles. The van der Waals surface area contributed by atoms with E-state index in [4.69, 9.17) is 0 Å². The number of nitrogens with zero attached hydrogens (tertiary/aromatic N) is 2. The van der Waals surface area contributed by atoms with Gasteiger partial charge in [-0.05, 0) is 20.8 Å². The van der Waals surface area contributed by atoms with Gasteiger partial charge in [-0.25, -0.2) is 4.98 Å². The topological polar surface area (TPSA) is 45.2 Å². The SMILES string of the molecule is CCN(C=O)c1cc(NC)ncc1C=C(C)C. The molecule has 92 valence electrons. The normalized spacial score (nSPS) is 9.65. The summed E-state index contributed by atoms with van der Waals surface area (Å²) in [4.78, 5) is 17.0. The van der Waals surface area contributed by atoms with Gasteiger partial charge in [0, 0.05) is 31.4 Å². The Balaban J connectivity index is 3.29. The van der Waals surface area contributed by atoms with E-state index in [1.807, 2.05) is 40.0 Å². The molecule has 1 N–H and O–H groups in total. The van der Waals surface area contributed by atoms with E-state index < -0.39 is 0 Å². The highest BCUT2D eigenvalue weighted by Crippen LogP contribution is 2.24. The summed E-state index contributed by atoms with van der Waals surface area (Å²) in [6.07, 6.45) is 4.64. The number of carbonyl (C=O) groups is 1. The van der Waals surface area contributed by atoms with Gasteiger partial charge in [-0.3, -0.25) is 4.79 Å². The van der Waals surface area contributed by atoms with Gasteiger partial charge >= 0.3 is 0 Å². The lowest BCUT2D eigenvalue weighted by atomic mass is 10.1. The monoisotopic (exact) mass is 233 g/mol. The molecule has 0 radical (unpaired) electrons. The minimum absolute atomic E-state index is 0.639. The maximum absolute atomic E-state index is 11.0. The number of aromatic nitrogens is 1. The van der Waals surface area contributed by atoms with Crippen LogP contribution in [0.25, 0.3) is 6.08 Å². The van der Waals surface area contributed by atoms with Crippen molar-refractivity contribution in [2.45, 2.75) is 20.8 Å². The van der Waals surface area contributed by atoms with E-state index in [2.05, 4.69) is 10.3 Å². The lowest BCUT2D eigenvalue weighted by Gasteiger charge is -2.18. The number of hydrogen-bond acceptors (Lipinski definition) is 3. The number of pyridine rings is 1. The Kier molecular flexibility index (Phi) is 4.69. The maximum atomic E-state index is 11.0. The molecule has 0 atom stereocenters. The first-order valence-electron chi connectivity index (χ1n) is 5.67. The highest BCUT2D eigenvalue weighted by Gasteiger charge is 2.09. The quantitative estimate of drug-likeness (QED) is 0.795. The van der Waals surface area contributed by atoms with Crippen LogP contribution in [0.15, 0.2) is 17.8 Å². The van der Waals surface area contributed by atoms with Crippen molar-refractivity contribution in [3.63, 3.8) is 0 Å². The first kappa shape index (κ1) is 13.2. The first-order chi connectivity index (χ1) is 8.12. The van der Waals surface area contributed by atoms with Gasteiger partial charge in [0.25, 0.3) is 0 Å². The van der Waals surface area contributed by atoms with E-state index in [1.165, 1.54) is 5.57 Å². The van der Waals surface area contributed by atoms with E-state index in [1.54, 1.807) is 11.1 Å². The van der Waals surface area contributed by atoms with Crippen LogP contribution >= 0.6 is 0 Å². The molecule has 4 heteroatoms. The van der Waals surface area contributed by atoms with Gasteiger partial charge in [-0.2, -0.15) is 0 Å². The Hall–Kier alpha value is -1.84. The predicted molar refractivity (Wildman–Crippen MR) is 72.2 cm³/mol. The summed E-state index contributed by atoms with van der Waals surface area (Å²) in [5, 5.41) is 2.98. The van der Waals surface area contributed by atoms with Crippen molar-refractivity contribution in [2.75, 3.05) is 23.8 Å². The van der Waals surface area contributed by atoms with Gasteiger partial charge in [-0.1, -0.05) is 11.6 Å². The van der Waals surface area contributed by atoms with Crippen LogP contribution in [0.5, 0.6) is 0 Å². The number of carbonyl (C=O) groups excluding carboxylic acids is 1. The van der Waals surface area contributed by atoms with Crippen LogP contribution in [0.3, 0.4) is 0 Å². The van der Waals surface area contributed by atoms with Crippen LogP contribution in [-0.2, 0) is 4.79 Å². The molecule has 0 aliphatic rings. The zero-order valence-electron chi connectivity index (χ0n) is 10.8. The third-order valence-corrected chi connectivity index (χ3v) is 2.39. The lowest BCUT2D eigenvalue weighted by Crippen LogP contribution is -2.21. The molecule has 0 unspecified atom stereocenters. The average Bonchev–Trinajstić information content (AvgIpc) is 2.32. The summed E-state index contributed by atoms with van der Waals surface area (Å²) in [6.45, 7) is 6.63. The third kappa shape index (κ3) is 3.31. The van der Waals surface area contributed by atoms with Crippen molar-refractivity contribution in [1.29, 1.82) is 0 Å². The Morgan fingerprint density at radius 2 is 2.24 bits per heavy atom. The second-order valence-corrected chi connectivity index (χ2v) is 3.99. The van der Waals surface area contributed by atoms with Gasteiger partial charge in [0.2, 0.25) is 6.41 Å². The molecule has 0 fully saturated rings. The smallest absolute Gasteiger partial charge is 0.214 e. The lowest BCUT2D eigenvalue weighted by molar-refractivity contribution is -0.107. The summed E-state index contributed by atoms with van der Waals surface area (Å²) >= 11 is 0. The third-order valence-electron chi connectivity index (χ3n) is 2.39. The number of anilines is 2. The van der Waals surface area contributed by atoms with Gasteiger partial charge in [0.05, 0.1) is 5.69 Å². The van der Waals surface area contributed by atoms with E-state index in [0.717, 1.165) is 23.5 Å². The van der Waals surface area contributed by atoms with Crippen molar-refractivity contribution in [2.24, 2.45) is 0 Å². The Bertz CT molecular complexity index is 423. The summed E-state index contributed by atoms with van der Waals surface area (Å²) in [5.41, 5.74) is 3.01. The highest BCUT2D eigenvalue weighted by molar-refractivity contribution is 5.82. The number of allylic oxidation sites excluding steroid dienone is 1. The van der Waals surface area contributed by atoms with E-state index in [0.29, 0.717) is 6.54 Å². The van der Waals surface area contributed by atoms with Gasteiger partial charge in [0.1, 0.15) is 5.82 Å². The van der Waals surface area contributed by atoms with Crippen LogP contribution in [0.4, 0.5) is 11.5 Å². The van der Waals surface area contributed by atoms with Crippen molar-refractivity contribution >= 4 is 24.0 Å². The fourth-order valence-electron chi connectivity index (χ4n) is 1.56. The summed E-state index contributed by atoms with van der Waals surface area (Å²) < 4.78 is 0. The maximum Gasteiger partial charge on any atom is 0.214 e. The molecule has 0 saturated heterocycles. The Labute approximate surface area is 102 Å². The minimum atomic E-state index is 0.639. The second kappa shape index (κ2) is 6.03. The van der Waals surface area contributed by atoms with Gasteiger partial charge in [0.15, 0.2) is 0 Å². The molecular weight excluding hydrogens is 214 g/mol. The largest absolute Gasteiger partial charge is 0.373 e. The molecule has 4 nitrogen and oxygen atoms in total. The van der Waals surface area contributed by atoms with Gasteiger partial charge in [-0.15, -0.1) is 0 Å². The molecular formula is C13H19N3O. The number of nitrogens with one attached hydrogen (secondary N) is 1. The summed E-state index contributed by atoms with van der Waals surface area (Å²) in [7, 11) is 1.81. The Morgan fingerprint density at radius 1 is 1.53 bits per heavy atom. The van der Waals surface area contributed by atoms with Crippen molar-refractivity contribution in [1.82, 2.24) is 4.98 Å². The van der Waals surface area contributed by atoms with Crippen LogP contribution in [-0.4, -0.2) is 25.0 Å². The first-order valence-corrected chi connectivity index (χ1v) is 5.67. The highest BCUT2D eigenvalue weighted by atomic mass is 16.1. The van der Waals surface area contributed by atoms with Crippen LogP contribution in [0.2, 0.25) is 0 Å². The molecule has 0 spiro atoms. The average molecular weight is 233 g/mol. The zero-order valence-corrected chi connectivity index (χ0v) is 10.8. The number of amides is 1. The van der Waals surface area contributed by atoms with Crippen molar-refractivity contribution in [3.05, 3.63) is 23.4 Å². The summed E-state index contributed by atoms with van der Waals surface area (Å²) in [6, 6.07) is 1.88. The second-order valence-electron chi connectivity index (χ2n) is 3.99. The summed E-state index contributed by atoms with van der Waals surface area (Å²) in [5.74, 6) is 0.756. The predicted octanol–water partition coefficient (Wildman–Crippen LogP) is 2.53. The van der Waals surface area contributed by atoms with Gasteiger partial charge < -0.3 is 10.2 Å². The molecule has 0 saturated carbocycles. The van der Waals surface area contributed by atoms with Crippen LogP contribution in [0, 0.1) is 0 Å². The minimum Gasteiger partial charge on any atom is -0.373 e. The van der Waals surface area contributed by atoms with E-state index >= 15 is 0 Å². The fraction of sp³-hybridized carbons (Fsp3) is 0.385. The molecule has 1 aromatic heterocycles. The number of hydrogen-bond donors (Lipinski definition) is 1. The standard InChI is InChI=1S/C13H19N3O/c1-5-16(9-17)12-7-13(14-4)15-8-11(12)6-10(2)3/h6-9H,5H2,1-4H3,(H,14,15). The van der Waals surface area contributed by atoms with E-state index in [9.17, 15) is 4.79 Å². The molecule has 0 bridgehead atoms. The molecule has 1 heterocycles. The molecule has 1 aromatic rings. The molecule has 0 aliphatic carbocycles. The Morgan fingerprint density at radius 3 is 2.71 bits per heavy atom.